The van der Waals surface area contributed by atoms with Crippen molar-refractivity contribution in [3.8, 4) is 0 Å². The van der Waals surface area contributed by atoms with E-state index < -0.39 is 0 Å². The number of carbonyl (C=O) groups excluding carboxylic acids is 2. The van der Waals surface area contributed by atoms with E-state index in [1.165, 1.54) is 0 Å². The fourth-order valence-corrected chi connectivity index (χ4v) is 3.32. The fourth-order valence-electron chi connectivity index (χ4n) is 3.32. The summed E-state index contributed by atoms with van der Waals surface area (Å²) < 4.78 is 5.38. The van der Waals surface area contributed by atoms with Crippen LogP contribution in [0.25, 0.3) is 0 Å². The molecule has 0 aromatic carbocycles. The van der Waals surface area contributed by atoms with Crippen LogP contribution in [0.1, 0.15) is 31.5 Å². The summed E-state index contributed by atoms with van der Waals surface area (Å²) in [4.78, 5) is 34.5. The van der Waals surface area contributed by atoms with E-state index in [1.54, 1.807) is 0 Å². The van der Waals surface area contributed by atoms with Gasteiger partial charge in [-0.15, -0.1) is 0 Å². The molecule has 26 heavy (non-hydrogen) atoms. The van der Waals surface area contributed by atoms with Crippen molar-refractivity contribution < 1.29 is 14.3 Å². The van der Waals surface area contributed by atoms with Gasteiger partial charge < -0.3 is 20.3 Å². The third-order valence-electron chi connectivity index (χ3n) is 4.80. The van der Waals surface area contributed by atoms with E-state index in [1.807, 2.05) is 13.0 Å². The highest BCUT2D eigenvalue weighted by Crippen LogP contribution is 2.21. The molecule has 1 aromatic heterocycles. The van der Waals surface area contributed by atoms with Crippen LogP contribution < -0.4 is 15.5 Å². The zero-order valence-corrected chi connectivity index (χ0v) is 15.3. The Bertz CT molecular complexity index is 636. The lowest BCUT2D eigenvalue weighted by Crippen LogP contribution is -2.37. The molecular weight excluding hydrogens is 334 g/mol. The van der Waals surface area contributed by atoms with Gasteiger partial charge in [-0.2, -0.15) is 0 Å². The van der Waals surface area contributed by atoms with Crippen LogP contribution in [0, 0.1) is 12.8 Å². The Morgan fingerprint density at radius 3 is 2.69 bits per heavy atom. The minimum atomic E-state index is -0.0260. The van der Waals surface area contributed by atoms with Crippen molar-refractivity contribution in [3.63, 3.8) is 0 Å². The van der Waals surface area contributed by atoms with Crippen molar-refractivity contribution in [3.05, 3.63) is 11.9 Å². The van der Waals surface area contributed by atoms with Crippen LogP contribution in [0.2, 0.25) is 0 Å². The fraction of sp³-hybridized carbons (Fsp3) is 0.667. The molecule has 0 radical (unpaired) electrons. The number of anilines is 2. The predicted octanol–water partition coefficient (Wildman–Crippen LogP) is 0.909. The third kappa shape index (κ3) is 5.14. The van der Waals surface area contributed by atoms with Crippen molar-refractivity contribution >= 4 is 23.3 Å². The van der Waals surface area contributed by atoms with Crippen LogP contribution in [0.15, 0.2) is 6.07 Å². The summed E-state index contributed by atoms with van der Waals surface area (Å²) in [6.45, 7) is 6.08. The first-order valence-electron chi connectivity index (χ1n) is 9.33. The number of carbonyl (C=O) groups is 2. The molecule has 142 valence electrons. The molecule has 0 atom stereocenters. The normalized spacial score (nSPS) is 18.7. The number of hydrogen-bond acceptors (Lipinski definition) is 7. The molecule has 1 saturated heterocycles. The van der Waals surface area contributed by atoms with E-state index in [4.69, 9.17) is 4.74 Å². The first-order chi connectivity index (χ1) is 12.6. The van der Waals surface area contributed by atoms with Gasteiger partial charge >= 0.3 is 0 Å². The number of hydrogen-bond donors (Lipinski definition) is 2. The summed E-state index contributed by atoms with van der Waals surface area (Å²) in [6, 6.07) is 1.94. The van der Waals surface area contributed by atoms with E-state index in [9.17, 15) is 9.59 Å². The highest BCUT2D eigenvalue weighted by molar-refractivity contribution is 5.84. The molecule has 2 heterocycles. The number of rotatable bonds is 6. The third-order valence-corrected chi connectivity index (χ3v) is 4.80. The lowest BCUT2D eigenvalue weighted by atomic mass is 9.88. The SMILES string of the molecule is Cc1nc(NCCNC(=O)C2CCC(=O)CC2)cc(N2CCOCC2)n1. The minimum Gasteiger partial charge on any atom is -0.378 e. The van der Waals surface area contributed by atoms with Crippen LogP contribution in [0.3, 0.4) is 0 Å². The maximum Gasteiger partial charge on any atom is 0.223 e. The van der Waals surface area contributed by atoms with Gasteiger partial charge in [0.1, 0.15) is 23.2 Å². The summed E-state index contributed by atoms with van der Waals surface area (Å²) in [6.07, 6.45) is 2.40. The predicted molar refractivity (Wildman–Crippen MR) is 98.3 cm³/mol. The van der Waals surface area contributed by atoms with Crippen LogP contribution in [0.5, 0.6) is 0 Å². The van der Waals surface area contributed by atoms with Gasteiger partial charge in [-0.25, -0.2) is 9.97 Å². The lowest BCUT2D eigenvalue weighted by molar-refractivity contribution is -0.128. The Hall–Kier alpha value is -2.22. The number of nitrogens with one attached hydrogen (secondary N) is 2. The Balaban J connectivity index is 1.45. The molecule has 0 spiro atoms. The van der Waals surface area contributed by atoms with Gasteiger partial charge in [0.15, 0.2) is 0 Å². The monoisotopic (exact) mass is 361 g/mol. The first kappa shape index (κ1) is 18.6. The van der Waals surface area contributed by atoms with E-state index in [0.717, 1.165) is 24.7 Å². The number of Topliss-reactive ketones (excluding diaryl/α,β-unsaturated/α-hetero) is 1. The molecule has 1 aromatic rings. The Morgan fingerprint density at radius 1 is 1.23 bits per heavy atom. The lowest BCUT2D eigenvalue weighted by Gasteiger charge is -2.28. The quantitative estimate of drug-likeness (QED) is 0.727. The number of morpholine rings is 1. The summed E-state index contributed by atoms with van der Waals surface area (Å²) in [5, 5.41) is 6.20. The number of aryl methyl sites for hydroxylation is 1. The molecule has 1 amide bonds. The van der Waals surface area contributed by atoms with Crippen LogP contribution >= 0.6 is 0 Å². The van der Waals surface area contributed by atoms with Crippen LogP contribution in [0.4, 0.5) is 11.6 Å². The smallest absolute Gasteiger partial charge is 0.223 e. The number of ether oxygens (including phenoxy) is 1. The standard InChI is InChI=1S/C18H27N5O3/c1-13-21-16(12-17(22-13)23-8-10-26-11-9-23)19-6-7-20-18(25)14-2-4-15(24)5-3-14/h12,14H,2-11H2,1H3,(H,20,25)(H,19,21,22). The second kappa shape index (κ2) is 8.93. The largest absolute Gasteiger partial charge is 0.378 e. The zero-order chi connectivity index (χ0) is 18.4. The maximum absolute atomic E-state index is 12.1. The molecule has 8 nitrogen and oxygen atoms in total. The molecule has 0 bridgehead atoms. The van der Waals surface area contributed by atoms with Gasteiger partial charge in [0, 0.05) is 51.0 Å². The average Bonchev–Trinajstić information content (AvgIpc) is 2.66. The van der Waals surface area contributed by atoms with Gasteiger partial charge in [-0.05, 0) is 19.8 Å². The minimum absolute atomic E-state index is 0.0260. The van der Waals surface area contributed by atoms with Gasteiger partial charge in [0.2, 0.25) is 5.91 Å². The van der Waals surface area contributed by atoms with E-state index >= 15 is 0 Å². The van der Waals surface area contributed by atoms with Crippen molar-refractivity contribution in [1.82, 2.24) is 15.3 Å². The van der Waals surface area contributed by atoms with Crippen LogP contribution in [-0.2, 0) is 14.3 Å². The summed E-state index contributed by atoms with van der Waals surface area (Å²) in [7, 11) is 0. The number of amides is 1. The molecule has 1 saturated carbocycles. The summed E-state index contributed by atoms with van der Waals surface area (Å²) >= 11 is 0. The van der Waals surface area contributed by atoms with E-state index in [2.05, 4.69) is 25.5 Å². The second-order valence-corrected chi connectivity index (χ2v) is 6.79. The van der Waals surface area contributed by atoms with Gasteiger partial charge in [0.05, 0.1) is 13.2 Å². The molecule has 8 heteroatoms. The summed E-state index contributed by atoms with van der Waals surface area (Å²) in [5.41, 5.74) is 0. The molecule has 2 fully saturated rings. The number of nitrogens with zero attached hydrogens (tertiary/aromatic N) is 3. The average molecular weight is 361 g/mol. The van der Waals surface area contributed by atoms with Gasteiger partial charge in [-0.1, -0.05) is 0 Å². The molecule has 0 unspecified atom stereocenters. The van der Waals surface area contributed by atoms with Crippen molar-refractivity contribution in [2.45, 2.75) is 32.6 Å². The number of aromatic nitrogens is 2. The molecule has 2 aliphatic rings. The molecule has 1 aliphatic carbocycles. The van der Waals surface area contributed by atoms with Crippen molar-refractivity contribution in [2.24, 2.45) is 5.92 Å². The van der Waals surface area contributed by atoms with Gasteiger partial charge in [-0.3, -0.25) is 9.59 Å². The summed E-state index contributed by atoms with van der Waals surface area (Å²) in [5.74, 6) is 2.67. The highest BCUT2D eigenvalue weighted by Gasteiger charge is 2.24. The number of ketones is 1. The zero-order valence-electron chi connectivity index (χ0n) is 15.3. The van der Waals surface area contributed by atoms with E-state index in [-0.39, 0.29) is 17.6 Å². The van der Waals surface area contributed by atoms with Crippen LogP contribution in [-0.4, -0.2) is 61.1 Å². The molecule has 2 N–H and O–H groups in total. The van der Waals surface area contributed by atoms with E-state index in [0.29, 0.717) is 57.8 Å². The molecular formula is C18H27N5O3. The highest BCUT2D eigenvalue weighted by atomic mass is 16.5. The van der Waals surface area contributed by atoms with Crippen molar-refractivity contribution in [2.75, 3.05) is 49.6 Å². The second-order valence-electron chi connectivity index (χ2n) is 6.79. The topological polar surface area (TPSA) is 96.5 Å². The maximum atomic E-state index is 12.1. The van der Waals surface area contributed by atoms with Crippen molar-refractivity contribution in [1.29, 1.82) is 0 Å². The van der Waals surface area contributed by atoms with Gasteiger partial charge in [0.25, 0.3) is 0 Å². The Morgan fingerprint density at radius 2 is 1.96 bits per heavy atom. The molecule has 1 aliphatic heterocycles. The Labute approximate surface area is 153 Å². The Kier molecular flexibility index (Phi) is 6.38. The molecule has 3 rings (SSSR count). The first-order valence-corrected chi connectivity index (χ1v) is 9.33.